The molecule has 1 unspecified atom stereocenters. The Kier molecular flexibility index (Phi) is 6.00. The Balaban J connectivity index is 1.33. The minimum atomic E-state index is -0.162. The second kappa shape index (κ2) is 9.32. The molecular weight excluding hydrogens is 455 g/mol. The molecule has 1 aromatic heterocycles. The first-order valence-electron chi connectivity index (χ1n) is 12.7. The van der Waals surface area contributed by atoms with Crippen molar-refractivity contribution in [1.29, 1.82) is 5.26 Å². The van der Waals surface area contributed by atoms with Crippen molar-refractivity contribution in [1.82, 2.24) is 15.2 Å². The average Bonchev–Trinajstić information content (AvgIpc) is 3.08. The maximum absolute atomic E-state index is 15.6. The fourth-order valence-electron chi connectivity index (χ4n) is 6.14. The SMILES string of the molecule is COC1CNCCN(c2cc3c(cc2F)[C@H]2CN(c4ccc(C#N)c5ncccc45)C[C@@H](C)N2C3)C1. The lowest BCUT2D eigenvalue weighted by Crippen LogP contribution is -2.51. The lowest BCUT2D eigenvalue weighted by molar-refractivity contribution is 0.112. The number of methoxy groups -OCH3 is 1. The summed E-state index contributed by atoms with van der Waals surface area (Å²) in [7, 11) is 1.72. The molecule has 3 atom stereocenters. The number of hydrogen-bond acceptors (Lipinski definition) is 7. The van der Waals surface area contributed by atoms with E-state index < -0.39 is 0 Å². The number of fused-ring (bicyclic) bond motifs is 4. The fourth-order valence-corrected chi connectivity index (χ4v) is 6.14. The van der Waals surface area contributed by atoms with E-state index in [1.54, 1.807) is 19.4 Å². The summed E-state index contributed by atoms with van der Waals surface area (Å²) in [5, 5.41) is 13.9. The first-order chi connectivity index (χ1) is 17.6. The van der Waals surface area contributed by atoms with Gasteiger partial charge in [0.1, 0.15) is 11.9 Å². The van der Waals surface area contributed by atoms with E-state index in [0.29, 0.717) is 23.8 Å². The number of piperazine rings is 1. The Bertz CT molecular complexity index is 1340. The van der Waals surface area contributed by atoms with Gasteiger partial charge in [0.05, 0.1) is 28.9 Å². The number of hydrogen-bond donors (Lipinski definition) is 1. The maximum Gasteiger partial charge on any atom is 0.146 e. The molecule has 8 heteroatoms. The molecule has 3 aliphatic heterocycles. The molecule has 0 amide bonds. The van der Waals surface area contributed by atoms with Crippen LogP contribution >= 0.6 is 0 Å². The number of nitrogens with one attached hydrogen (secondary N) is 1. The van der Waals surface area contributed by atoms with E-state index in [0.717, 1.165) is 61.4 Å². The molecule has 2 aromatic carbocycles. The molecule has 2 fully saturated rings. The van der Waals surface area contributed by atoms with Crippen LogP contribution in [0.5, 0.6) is 0 Å². The van der Waals surface area contributed by atoms with Gasteiger partial charge in [-0.1, -0.05) is 0 Å². The van der Waals surface area contributed by atoms with Crippen LogP contribution in [0.4, 0.5) is 15.8 Å². The van der Waals surface area contributed by atoms with Crippen LogP contribution in [0.25, 0.3) is 10.9 Å². The number of rotatable bonds is 3. The summed E-state index contributed by atoms with van der Waals surface area (Å²) in [4.78, 5) is 11.5. The zero-order chi connectivity index (χ0) is 24.8. The zero-order valence-corrected chi connectivity index (χ0v) is 20.7. The monoisotopic (exact) mass is 486 g/mol. The van der Waals surface area contributed by atoms with E-state index in [-0.39, 0.29) is 18.0 Å². The third-order valence-corrected chi connectivity index (χ3v) is 8.00. The van der Waals surface area contributed by atoms with E-state index in [1.165, 1.54) is 5.56 Å². The highest BCUT2D eigenvalue weighted by molar-refractivity contribution is 5.95. The van der Waals surface area contributed by atoms with E-state index in [9.17, 15) is 5.26 Å². The van der Waals surface area contributed by atoms with Crippen molar-refractivity contribution < 1.29 is 9.13 Å². The summed E-state index contributed by atoms with van der Waals surface area (Å²) < 4.78 is 21.2. The van der Waals surface area contributed by atoms with Crippen molar-refractivity contribution in [3.8, 4) is 6.07 Å². The molecule has 4 heterocycles. The van der Waals surface area contributed by atoms with E-state index in [4.69, 9.17) is 4.74 Å². The third kappa shape index (κ3) is 3.88. The highest BCUT2D eigenvalue weighted by Gasteiger charge is 2.40. The standard InChI is InChI=1S/C28H31FN6O/c1-18-14-34(25-6-5-19(12-30)28-22(25)4-3-7-32-28)17-27-23-11-24(29)26(10-20(23)15-35(18)27)33-9-8-31-13-21(16-33)36-2/h3-7,10-11,18,21,27,31H,8-9,13-17H2,1-2H3/t18-,21?,27-/m1/s1. The van der Waals surface area contributed by atoms with Gasteiger partial charge in [0.25, 0.3) is 0 Å². The molecule has 0 aliphatic carbocycles. The number of benzene rings is 2. The first-order valence-corrected chi connectivity index (χ1v) is 12.7. The van der Waals surface area contributed by atoms with Crippen molar-refractivity contribution in [2.45, 2.75) is 31.7 Å². The van der Waals surface area contributed by atoms with Gasteiger partial charge in [-0.15, -0.1) is 0 Å². The Morgan fingerprint density at radius 1 is 1.14 bits per heavy atom. The summed E-state index contributed by atoms with van der Waals surface area (Å²) in [6, 6.07) is 14.4. The van der Waals surface area contributed by atoms with Gasteiger partial charge in [0, 0.05) is 76.2 Å². The normalized spacial score (nSPS) is 24.3. The zero-order valence-electron chi connectivity index (χ0n) is 20.7. The second-order valence-corrected chi connectivity index (χ2v) is 10.1. The lowest BCUT2D eigenvalue weighted by Gasteiger charge is -2.43. The van der Waals surface area contributed by atoms with Gasteiger partial charge in [-0.05, 0) is 54.4 Å². The number of nitriles is 1. The first kappa shape index (κ1) is 23.2. The van der Waals surface area contributed by atoms with Crippen molar-refractivity contribution in [2.75, 3.05) is 56.2 Å². The Morgan fingerprint density at radius 3 is 2.86 bits per heavy atom. The topological polar surface area (TPSA) is 67.7 Å². The molecule has 2 saturated heterocycles. The van der Waals surface area contributed by atoms with Crippen LogP contribution in [0.1, 0.15) is 29.7 Å². The molecule has 0 radical (unpaired) electrons. The summed E-state index contributed by atoms with van der Waals surface area (Å²) >= 11 is 0. The lowest BCUT2D eigenvalue weighted by atomic mass is 9.99. The van der Waals surface area contributed by atoms with Crippen LogP contribution in [0.3, 0.4) is 0 Å². The molecule has 186 valence electrons. The highest BCUT2D eigenvalue weighted by atomic mass is 19.1. The summed E-state index contributed by atoms with van der Waals surface area (Å²) in [5.74, 6) is -0.162. The largest absolute Gasteiger partial charge is 0.378 e. The molecule has 6 rings (SSSR count). The van der Waals surface area contributed by atoms with Crippen LogP contribution in [-0.4, -0.2) is 68.4 Å². The third-order valence-electron chi connectivity index (χ3n) is 8.00. The number of aromatic nitrogens is 1. The molecule has 0 saturated carbocycles. The number of anilines is 2. The van der Waals surface area contributed by atoms with Gasteiger partial charge in [0.2, 0.25) is 0 Å². The summed E-state index contributed by atoms with van der Waals surface area (Å²) in [6.45, 7) is 7.73. The molecule has 0 bridgehead atoms. The summed E-state index contributed by atoms with van der Waals surface area (Å²) in [5.41, 5.74) is 5.37. The Labute approximate surface area is 211 Å². The second-order valence-electron chi connectivity index (χ2n) is 10.1. The average molecular weight is 487 g/mol. The highest BCUT2D eigenvalue weighted by Crippen LogP contribution is 2.43. The number of ether oxygens (including phenoxy) is 1. The Hall–Kier alpha value is -3.25. The van der Waals surface area contributed by atoms with Crippen LogP contribution in [0.15, 0.2) is 42.6 Å². The van der Waals surface area contributed by atoms with Gasteiger partial charge in [-0.3, -0.25) is 9.88 Å². The number of nitrogens with zero attached hydrogens (tertiary/aromatic N) is 5. The van der Waals surface area contributed by atoms with Gasteiger partial charge in [0.15, 0.2) is 0 Å². The van der Waals surface area contributed by atoms with E-state index in [2.05, 4.69) is 44.1 Å². The molecule has 3 aliphatic rings. The molecule has 1 N–H and O–H groups in total. The molecule has 0 spiro atoms. The molecule has 36 heavy (non-hydrogen) atoms. The minimum Gasteiger partial charge on any atom is -0.378 e. The van der Waals surface area contributed by atoms with Crippen molar-refractivity contribution in [2.24, 2.45) is 0 Å². The van der Waals surface area contributed by atoms with Crippen LogP contribution < -0.4 is 15.1 Å². The smallest absolute Gasteiger partial charge is 0.146 e. The van der Waals surface area contributed by atoms with Crippen LogP contribution in [-0.2, 0) is 11.3 Å². The van der Waals surface area contributed by atoms with E-state index >= 15 is 4.39 Å². The van der Waals surface area contributed by atoms with Crippen molar-refractivity contribution in [3.05, 3.63) is 65.1 Å². The van der Waals surface area contributed by atoms with Crippen LogP contribution in [0.2, 0.25) is 0 Å². The quantitative estimate of drug-likeness (QED) is 0.608. The van der Waals surface area contributed by atoms with Gasteiger partial charge >= 0.3 is 0 Å². The van der Waals surface area contributed by atoms with E-state index in [1.807, 2.05) is 24.3 Å². The predicted molar refractivity (Wildman–Crippen MR) is 139 cm³/mol. The summed E-state index contributed by atoms with van der Waals surface area (Å²) in [6.07, 6.45) is 1.77. The van der Waals surface area contributed by atoms with Crippen molar-refractivity contribution in [3.63, 3.8) is 0 Å². The van der Waals surface area contributed by atoms with Gasteiger partial charge in [-0.2, -0.15) is 5.26 Å². The van der Waals surface area contributed by atoms with Crippen LogP contribution in [0, 0.1) is 17.1 Å². The number of pyridine rings is 1. The Morgan fingerprint density at radius 2 is 2.03 bits per heavy atom. The molecule has 7 nitrogen and oxygen atoms in total. The molecule has 3 aromatic rings. The minimum absolute atomic E-state index is 0.0387. The van der Waals surface area contributed by atoms with Crippen molar-refractivity contribution >= 4 is 22.3 Å². The van der Waals surface area contributed by atoms with Gasteiger partial charge < -0.3 is 19.9 Å². The number of halogens is 1. The van der Waals surface area contributed by atoms with Gasteiger partial charge in [-0.25, -0.2) is 4.39 Å². The predicted octanol–water partition coefficient (Wildman–Crippen LogP) is 3.44. The molecular formula is C28H31FN6O. The fraction of sp³-hybridized carbons (Fsp3) is 0.429. The maximum atomic E-state index is 15.6.